The van der Waals surface area contributed by atoms with Gasteiger partial charge in [-0.3, -0.25) is 14.4 Å². The van der Waals surface area contributed by atoms with Gasteiger partial charge in [-0.15, -0.1) is 0 Å². The number of esters is 1. The third-order valence-electron chi connectivity index (χ3n) is 21.7. The van der Waals surface area contributed by atoms with Gasteiger partial charge in [0.2, 0.25) is 11.3 Å². The molecule has 5 fully saturated rings. The Bertz CT molecular complexity index is 2910. The molecule has 2 aromatic carbocycles. The molecular weight excluding hydrogens is 952 g/mol. The minimum atomic E-state index is -0.422. The molecule has 2 heterocycles. The van der Waals surface area contributed by atoms with Crippen LogP contribution in [0.15, 0.2) is 76.7 Å². The normalized spacial score (nSPS) is 30.9. The number of carbonyl (C=O) groups excluding carboxylic acids is 3. The summed E-state index contributed by atoms with van der Waals surface area (Å²) in [5.74, 6) is 2.26. The summed E-state index contributed by atoms with van der Waals surface area (Å²) in [7, 11) is 0. The van der Waals surface area contributed by atoms with Crippen LogP contribution in [0.1, 0.15) is 164 Å². The summed E-state index contributed by atoms with van der Waals surface area (Å²) in [6.07, 6.45) is 13.8. The summed E-state index contributed by atoms with van der Waals surface area (Å²) in [6.45, 7) is 33.7. The fourth-order valence-electron chi connectivity index (χ4n) is 17.4. The Morgan fingerprint density at radius 3 is 2.21 bits per heavy atom. The maximum Gasteiger partial charge on any atom is 0.302 e. The van der Waals surface area contributed by atoms with Crippen LogP contribution in [-0.2, 0) is 14.3 Å². The number of hydrogen-bond donors (Lipinski definition) is 0. The van der Waals surface area contributed by atoms with Crippen molar-refractivity contribution in [1.29, 1.82) is 0 Å². The van der Waals surface area contributed by atoms with E-state index in [0.29, 0.717) is 49.5 Å². The molecule has 6 aliphatic carbocycles. The molecule has 406 valence electrons. The number of amides is 2. The van der Waals surface area contributed by atoms with E-state index < -0.39 is 5.41 Å². The number of benzene rings is 3. The van der Waals surface area contributed by atoms with Crippen molar-refractivity contribution < 1.29 is 35.9 Å². The number of anilines is 1. The SMILES string of the molecule is CCN(CC)c1ccc2c(-c3cccc(C(=O)N4CCCN(C(=O)[C@]56CCC(C)(C)C[C@H]5C5=CC[C@@H]7[C@@]8(C)CC[C@H](OC(C)=O)C(C)(C)[C@@H]8CC[C@@]7(C)[C@]5(C)CC6)CC4)c3)c3ccc(=[N+](CC)CC)cc-3oc2c1.[Cl-]. The lowest BCUT2D eigenvalue weighted by atomic mass is 9.33. The topological polar surface area (TPSA) is 86.3 Å². The number of allylic oxidation sites excluding steroid dienone is 2. The fourth-order valence-corrected chi connectivity index (χ4v) is 17.4. The van der Waals surface area contributed by atoms with Crippen LogP contribution < -0.4 is 27.2 Å². The second kappa shape index (κ2) is 20.3. The van der Waals surface area contributed by atoms with Gasteiger partial charge in [-0.05, 0) is 174 Å². The monoisotopic (exact) mass is 1040 g/mol. The molecule has 0 aromatic heterocycles. The first-order valence-electron chi connectivity index (χ1n) is 29.1. The van der Waals surface area contributed by atoms with Gasteiger partial charge in [0.1, 0.15) is 30.5 Å². The lowest BCUT2D eigenvalue weighted by Gasteiger charge is -2.71. The fraction of sp³-hybridized carbons (Fsp3) is 0.631. The van der Waals surface area contributed by atoms with Crippen LogP contribution in [0.4, 0.5) is 5.69 Å². The highest BCUT2D eigenvalue weighted by Crippen LogP contribution is 2.76. The van der Waals surface area contributed by atoms with Crippen LogP contribution in [0, 0.1) is 50.2 Å². The molecule has 0 bridgehead atoms. The van der Waals surface area contributed by atoms with E-state index in [9.17, 15) is 9.59 Å². The molecule has 0 N–H and O–H groups in total. The maximum absolute atomic E-state index is 15.7. The van der Waals surface area contributed by atoms with Crippen molar-refractivity contribution in [2.75, 3.05) is 57.3 Å². The third-order valence-corrected chi connectivity index (χ3v) is 21.7. The number of fused-ring (bicyclic) bond motifs is 9. The summed E-state index contributed by atoms with van der Waals surface area (Å²) in [4.78, 5) is 49.4. The molecule has 2 aliphatic heterocycles. The van der Waals surface area contributed by atoms with Gasteiger partial charge in [-0.1, -0.05) is 72.2 Å². The first-order chi connectivity index (χ1) is 35.2. The molecule has 9 nitrogen and oxygen atoms in total. The van der Waals surface area contributed by atoms with E-state index >= 15 is 4.79 Å². The van der Waals surface area contributed by atoms with Gasteiger partial charge < -0.3 is 36.3 Å². The van der Waals surface area contributed by atoms with Gasteiger partial charge in [0.05, 0.1) is 11.5 Å². The molecule has 10 heteroatoms. The number of rotatable bonds is 9. The second-order valence-electron chi connectivity index (χ2n) is 26.0. The molecule has 8 aliphatic rings. The first kappa shape index (κ1) is 55.1. The van der Waals surface area contributed by atoms with Gasteiger partial charge in [-0.25, -0.2) is 4.58 Å². The van der Waals surface area contributed by atoms with Crippen molar-refractivity contribution in [3.05, 3.63) is 83.2 Å². The zero-order chi connectivity index (χ0) is 52.8. The number of carbonyl (C=O) groups is 3. The van der Waals surface area contributed by atoms with E-state index in [2.05, 4.69) is 145 Å². The predicted octanol–water partition coefficient (Wildman–Crippen LogP) is 10.3. The van der Waals surface area contributed by atoms with Gasteiger partial charge in [0.25, 0.3) is 5.91 Å². The zero-order valence-corrected chi connectivity index (χ0v) is 48.6. The summed E-state index contributed by atoms with van der Waals surface area (Å²) in [5, 5.41) is 2.15. The van der Waals surface area contributed by atoms with Crippen molar-refractivity contribution in [2.45, 2.75) is 160 Å². The van der Waals surface area contributed by atoms with E-state index in [-0.39, 0.29) is 63.4 Å². The molecule has 0 radical (unpaired) electrons. The van der Waals surface area contributed by atoms with Crippen LogP contribution >= 0.6 is 0 Å². The Kier molecular flexibility index (Phi) is 14.9. The summed E-state index contributed by atoms with van der Waals surface area (Å²) in [6, 6.07) is 21.3. The molecule has 4 saturated carbocycles. The lowest BCUT2D eigenvalue weighted by Crippen LogP contribution is -3.00. The zero-order valence-electron chi connectivity index (χ0n) is 47.8. The molecule has 0 spiro atoms. The van der Waals surface area contributed by atoms with Crippen molar-refractivity contribution in [3.63, 3.8) is 0 Å². The lowest BCUT2D eigenvalue weighted by molar-refractivity contribution is -0.212. The number of ether oxygens (including phenoxy) is 1. The maximum atomic E-state index is 15.7. The molecule has 0 unspecified atom stereocenters. The molecule has 8 atom stereocenters. The Balaban J connectivity index is 0.00000689. The minimum absolute atomic E-state index is 0. The van der Waals surface area contributed by atoms with Crippen molar-refractivity contribution >= 4 is 34.4 Å². The Labute approximate surface area is 455 Å². The van der Waals surface area contributed by atoms with Crippen LogP contribution in [-0.4, -0.2) is 86.0 Å². The van der Waals surface area contributed by atoms with Crippen molar-refractivity contribution in [3.8, 4) is 22.5 Å². The average molecular weight is 1040 g/mol. The molecule has 10 rings (SSSR count). The first-order valence-corrected chi connectivity index (χ1v) is 29.1. The number of nitrogens with zero attached hydrogens (tertiary/aromatic N) is 4. The van der Waals surface area contributed by atoms with Crippen molar-refractivity contribution in [2.24, 2.45) is 50.2 Å². The summed E-state index contributed by atoms with van der Waals surface area (Å²) < 4.78 is 15.2. The number of halogens is 1. The summed E-state index contributed by atoms with van der Waals surface area (Å²) in [5.41, 5.74) is 7.22. The predicted molar refractivity (Wildman–Crippen MR) is 300 cm³/mol. The smallest absolute Gasteiger partial charge is 0.302 e. The van der Waals surface area contributed by atoms with E-state index in [1.807, 2.05) is 17.0 Å². The van der Waals surface area contributed by atoms with E-state index in [1.54, 1.807) is 12.5 Å². The van der Waals surface area contributed by atoms with E-state index in [0.717, 1.165) is 135 Å². The van der Waals surface area contributed by atoms with Crippen LogP contribution in [0.5, 0.6) is 0 Å². The van der Waals surface area contributed by atoms with Gasteiger partial charge in [0, 0.05) is 91.5 Å². The van der Waals surface area contributed by atoms with Crippen molar-refractivity contribution in [1.82, 2.24) is 14.4 Å². The highest BCUT2D eigenvalue weighted by atomic mass is 35.5. The average Bonchev–Trinajstić information content (AvgIpc) is 3.70. The number of hydrogen-bond acceptors (Lipinski definition) is 6. The van der Waals surface area contributed by atoms with Gasteiger partial charge in [-0.2, -0.15) is 0 Å². The largest absolute Gasteiger partial charge is 1.00 e. The minimum Gasteiger partial charge on any atom is -1.00 e. The van der Waals surface area contributed by atoms with Gasteiger partial charge >= 0.3 is 5.97 Å². The van der Waals surface area contributed by atoms with Crippen LogP contribution in [0.3, 0.4) is 0 Å². The van der Waals surface area contributed by atoms with Gasteiger partial charge in [0.15, 0.2) is 0 Å². The van der Waals surface area contributed by atoms with Crippen LogP contribution in [0.25, 0.3) is 33.4 Å². The highest BCUT2D eigenvalue weighted by Gasteiger charge is 2.69. The van der Waals surface area contributed by atoms with Crippen LogP contribution in [0.2, 0.25) is 0 Å². The Morgan fingerprint density at radius 1 is 0.773 bits per heavy atom. The standard InChI is InChI=1S/C65H89N4O5.ClH/c1-13-66(14-2)46-21-23-48-52(40-46)74-53-41-47(67(15-3)16-4)22-24-49(53)57(48)44-19-17-20-45(39-44)58(71)68-35-18-36-69(38-37-68)59(72)65-33-31-60(6,7)42-51(65)50-25-26-55-62(10)29-28-56(73-43(5)70)61(8,9)54(62)27-30-64(55,12)63(50,11)32-34-65;/h17,19-25,39-41,51,54-56H,13-16,18,26-38,42H2,1-12H3;1H/q+1;/p-1/t51-,54-,55+,56-,62-,63+,64+,65-;/m0./s1. The van der Waals surface area contributed by atoms with E-state index in [1.165, 1.54) is 6.42 Å². The molecule has 75 heavy (non-hydrogen) atoms. The molecule has 1 saturated heterocycles. The third kappa shape index (κ3) is 8.97. The highest BCUT2D eigenvalue weighted by molar-refractivity contribution is 6.04. The summed E-state index contributed by atoms with van der Waals surface area (Å²) >= 11 is 0. The Hall–Kier alpha value is -4.63. The second-order valence-corrected chi connectivity index (χ2v) is 26.0. The van der Waals surface area contributed by atoms with E-state index in [4.69, 9.17) is 9.15 Å². The Morgan fingerprint density at radius 2 is 1.49 bits per heavy atom. The molecule has 2 aromatic rings. The molecular formula is C65H89ClN4O5. The quantitative estimate of drug-likeness (QED) is 0.0719. The molecule has 2 amide bonds.